The van der Waals surface area contributed by atoms with Crippen LogP contribution in [0.3, 0.4) is 0 Å². The van der Waals surface area contributed by atoms with E-state index in [0.29, 0.717) is 10.7 Å². The molecule has 12 nitrogen and oxygen atoms in total. The zero-order valence-electron chi connectivity index (χ0n) is 15.6. The molecule has 0 aliphatic carbocycles. The van der Waals surface area contributed by atoms with Crippen molar-refractivity contribution in [2.45, 2.75) is 0 Å². The molecule has 1 aliphatic heterocycles. The van der Waals surface area contributed by atoms with Crippen LogP contribution in [0.25, 0.3) is 5.82 Å². The molecule has 0 unspecified atom stereocenters. The zero-order chi connectivity index (χ0) is 22.1. The lowest BCUT2D eigenvalue weighted by Crippen LogP contribution is -2.37. The van der Waals surface area contributed by atoms with Gasteiger partial charge in [-0.05, 0) is 18.2 Å². The minimum Gasteiger partial charge on any atom is -0.308 e. The summed E-state index contributed by atoms with van der Waals surface area (Å²) >= 11 is 0. The number of carbonyl (C=O) groups excluding carboxylic acids is 3. The lowest BCUT2D eigenvalue weighted by molar-refractivity contribution is -0.385. The van der Waals surface area contributed by atoms with Crippen LogP contribution < -0.4 is 5.32 Å². The summed E-state index contributed by atoms with van der Waals surface area (Å²) in [5, 5.41) is 27.0. The number of nitrogens with zero attached hydrogens (tertiary/aromatic N) is 6. The number of anilines is 1. The minimum atomic E-state index is -0.943. The number of pyridine rings is 1. The van der Waals surface area contributed by atoms with Crippen LogP contribution in [0.5, 0.6) is 0 Å². The molecule has 12 heteroatoms. The highest BCUT2D eigenvalue weighted by molar-refractivity contribution is 6.24. The largest absolute Gasteiger partial charge is 0.308 e. The Morgan fingerprint density at radius 3 is 2.68 bits per heavy atom. The number of nitro benzene ring substituents is 1. The molecule has 0 spiro atoms. The number of aromatic nitrogens is 3. The standard InChI is InChI=1S/C19H11N7O5/c20-8-11-9-22-25(14-6-1-2-7-21-14)17(11)23-15(27)10-24-18(28)12-4-3-5-13(26(30)31)16(12)19(24)29/h1-7,9H,10H2,(H,23,27). The molecule has 4 rings (SSSR count). The zero-order valence-corrected chi connectivity index (χ0v) is 15.6. The molecule has 0 bridgehead atoms. The third kappa shape index (κ3) is 3.25. The van der Waals surface area contributed by atoms with E-state index in [4.69, 9.17) is 0 Å². The second-order valence-corrected chi connectivity index (χ2v) is 6.32. The Kier molecular flexibility index (Phi) is 4.68. The van der Waals surface area contributed by atoms with Crippen LogP contribution in [0.1, 0.15) is 26.3 Å². The van der Waals surface area contributed by atoms with Crippen LogP contribution in [-0.4, -0.2) is 48.9 Å². The summed E-state index contributed by atoms with van der Waals surface area (Å²) in [6.07, 6.45) is 2.73. The molecule has 1 aliphatic rings. The van der Waals surface area contributed by atoms with Crippen molar-refractivity contribution in [2.75, 3.05) is 11.9 Å². The smallest absolute Gasteiger partial charge is 0.282 e. The van der Waals surface area contributed by atoms with Gasteiger partial charge in [0, 0.05) is 12.3 Å². The Morgan fingerprint density at radius 1 is 1.19 bits per heavy atom. The van der Waals surface area contributed by atoms with Crippen molar-refractivity contribution in [3.8, 4) is 11.9 Å². The van der Waals surface area contributed by atoms with Crippen LogP contribution in [-0.2, 0) is 4.79 Å². The maximum Gasteiger partial charge on any atom is 0.282 e. The molecule has 0 saturated carbocycles. The number of hydrogen-bond acceptors (Lipinski definition) is 8. The Labute approximate surface area is 173 Å². The quantitative estimate of drug-likeness (QED) is 0.368. The first-order valence-electron chi connectivity index (χ1n) is 8.75. The molecule has 0 fully saturated rings. The summed E-state index contributed by atoms with van der Waals surface area (Å²) < 4.78 is 1.23. The van der Waals surface area contributed by atoms with Gasteiger partial charge in [0.05, 0.1) is 16.7 Å². The molecule has 0 radical (unpaired) electrons. The SMILES string of the molecule is N#Cc1cnn(-c2ccccn2)c1NC(=O)CN1C(=O)c2cccc([N+](=O)[O-])c2C1=O. The molecular formula is C19H11N7O5. The van der Waals surface area contributed by atoms with Crippen molar-refractivity contribution in [3.05, 3.63) is 75.6 Å². The van der Waals surface area contributed by atoms with Gasteiger partial charge >= 0.3 is 0 Å². The highest BCUT2D eigenvalue weighted by Crippen LogP contribution is 2.30. The van der Waals surface area contributed by atoms with Gasteiger partial charge in [0.2, 0.25) is 5.91 Å². The monoisotopic (exact) mass is 417 g/mol. The Morgan fingerprint density at radius 2 is 2.00 bits per heavy atom. The fraction of sp³-hybridized carbons (Fsp3) is 0.0526. The average molecular weight is 417 g/mol. The van der Waals surface area contributed by atoms with Crippen molar-refractivity contribution in [1.29, 1.82) is 5.26 Å². The van der Waals surface area contributed by atoms with Crippen LogP contribution >= 0.6 is 0 Å². The highest BCUT2D eigenvalue weighted by atomic mass is 16.6. The Hall–Kier alpha value is -4.92. The van der Waals surface area contributed by atoms with Gasteiger partial charge in [-0.3, -0.25) is 29.4 Å². The number of nitro groups is 1. The lowest BCUT2D eigenvalue weighted by atomic mass is 10.1. The number of fused-ring (bicyclic) bond motifs is 1. The average Bonchev–Trinajstić information content (AvgIpc) is 3.28. The third-order valence-corrected chi connectivity index (χ3v) is 4.49. The highest BCUT2D eigenvalue weighted by Gasteiger charge is 2.41. The molecule has 152 valence electrons. The number of carbonyl (C=O) groups is 3. The first-order valence-corrected chi connectivity index (χ1v) is 8.75. The number of imide groups is 1. The molecule has 3 heterocycles. The topological polar surface area (TPSA) is 164 Å². The van der Waals surface area contributed by atoms with E-state index in [9.17, 15) is 29.8 Å². The van der Waals surface area contributed by atoms with Crippen LogP contribution in [0.15, 0.2) is 48.8 Å². The van der Waals surface area contributed by atoms with Crippen LogP contribution in [0.2, 0.25) is 0 Å². The summed E-state index contributed by atoms with van der Waals surface area (Å²) in [6, 6.07) is 10.5. The van der Waals surface area contributed by atoms with Crippen molar-refractivity contribution < 1.29 is 19.3 Å². The van der Waals surface area contributed by atoms with Crippen LogP contribution in [0, 0.1) is 21.4 Å². The van der Waals surface area contributed by atoms with Gasteiger partial charge in [0.25, 0.3) is 17.5 Å². The molecule has 3 aromatic rings. The number of nitriles is 1. The molecule has 0 atom stereocenters. The van der Waals surface area contributed by atoms with Gasteiger partial charge in [-0.15, -0.1) is 0 Å². The van der Waals surface area contributed by atoms with Crippen molar-refractivity contribution in [2.24, 2.45) is 0 Å². The summed E-state index contributed by atoms with van der Waals surface area (Å²) in [5.74, 6) is -2.23. The van der Waals surface area contributed by atoms with Gasteiger partial charge in [-0.1, -0.05) is 12.1 Å². The summed E-state index contributed by atoms with van der Waals surface area (Å²) in [6.45, 7) is -0.707. The fourth-order valence-corrected chi connectivity index (χ4v) is 3.13. The molecular weight excluding hydrogens is 406 g/mol. The number of nitrogens with one attached hydrogen (secondary N) is 1. The molecule has 0 saturated heterocycles. The van der Waals surface area contributed by atoms with E-state index in [1.54, 1.807) is 18.2 Å². The van der Waals surface area contributed by atoms with Gasteiger partial charge in [-0.2, -0.15) is 15.0 Å². The fourth-order valence-electron chi connectivity index (χ4n) is 3.13. The molecule has 1 N–H and O–H groups in total. The molecule has 31 heavy (non-hydrogen) atoms. The Balaban J connectivity index is 1.60. The van der Waals surface area contributed by atoms with E-state index in [0.717, 1.165) is 6.07 Å². The van der Waals surface area contributed by atoms with E-state index in [1.807, 2.05) is 6.07 Å². The number of amides is 3. The molecule has 3 amide bonds. The maximum atomic E-state index is 12.6. The molecule has 2 aromatic heterocycles. The van der Waals surface area contributed by atoms with Crippen molar-refractivity contribution in [1.82, 2.24) is 19.7 Å². The van der Waals surface area contributed by atoms with Gasteiger partial charge < -0.3 is 5.32 Å². The predicted octanol–water partition coefficient (Wildman–Crippen LogP) is 1.28. The van der Waals surface area contributed by atoms with Crippen LogP contribution in [0.4, 0.5) is 11.5 Å². The summed E-state index contributed by atoms with van der Waals surface area (Å²) in [4.78, 5) is 52.9. The first-order chi connectivity index (χ1) is 14.9. The normalized spacial score (nSPS) is 12.4. The first kappa shape index (κ1) is 19.4. The summed E-state index contributed by atoms with van der Waals surface area (Å²) in [7, 11) is 0. The maximum absolute atomic E-state index is 12.6. The van der Waals surface area contributed by atoms with Gasteiger partial charge in [0.15, 0.2) is 11.6 Å². The van der Waals surface area contributed by atoms with E-state index in [2.05, 4.69) is 15.4 Å². The number of rotatable bonds is 5. The van der Waals surface area contributed by atoms with Gasteiger partial charge in [-0.25, -0.2) is 4.98 Å². The van der Waals surface area contributed by atoms with E-state index in [-0.39, 0.29) is 22.5 Å². The second-order valence-electron chi connectivity index (χ2n) is 6.32. The third-order valence-electron chi connectivity index (χ3n) is 4.49. The predicted molar refractivity (Wildman–Crippen MR) is 103 cm³/mol. The van der Waals surface area contributed by atoms with Crippen molar-refractivity contribution >= 4 is 29.2 Å². The number of benzene rings is 1. The van der Waals surface area contributed by atoms with Crippen molar-refractivity contribution in [3.63, 3.8) is 0 Å². The Bertz CT molecular complexity index is 1290. The second kappa shape index (κ2) is 7.48. The summed E-state index contributed by atoms with van der Waals surface area (Å²) in [5.41, 5.74) is -0.986. The minimum absolute atomic E-state index is 0.00814. The molecule has 1 aromatic carbocycles. The number of hydrogen-bond donors (Lipinski definition) is 1. The van der Waals surface area contributed by atoms with E-state index < -0.39 is 34.9 Å². The van der Waals surface area contributed by atoms with Gasteiger partial charge in [0.1, 0.15) is 23.7 Å². The lowest BCUT2D eigenvalue weighted by Gasteiger charge is -2.14. The van der Waals surface area contributed by atoms with E-state index >= 15 is 0 Å². The van der Waals surface area contributed by atoms with E-state index in [1.165, 1.54) is 29.2 Å².